The first-order chi connectivity index (χ1) is 9.58. The molecule has 3 heteroatoms. The summed E-state index contributed by atoms with van der Waals surface area (Å²) in [6, 6.07) is 0. The Bertz CT molecular complexity index is 612. The summed E-state index contributed by atoms with van der Waals surface area (Å²) in [5.41, 5.74) is 3.73. The zero-order valence-corrected chi connectivity index (χ0v) is 12.2. The number of hydrogen-bond donors (Lipinski definition) is 0. The summed E-state index contributed by atoms with van der Waals surface area (Å²) in [6.07, 6.45) is 6.07. The Morgan fingerprint density at radius 3 is 2.65 bits per heavy atom. The van der Waals surface area contributed by atoms with Crippen LogP contribution in [0.5, 0.6) is 0 Å². The average molecular weight is 272 g/mol. The Kier molecular flexibility index (Phi) is 1.77. The average Bonchev–Trinajstić information content (AvgIpc) is 2.81. The molecule has 1 saturated heterocycles. The van der Waals surface area contributed by atoms with Crippen LogP contribution in [0.1, 0.15) is 33.1 Å². The second-order valence-corrected chi connectivity index (χ2v) is 7.37. The van der Waals surface area contributed by atoms with E-state index >= 15 is 0 Å². The van der Waals surface area contributed by atoms with Crippen molar-refractivity contribution in [1.29, 1.82) is 0 Å². The highest BCUT2D eigenvalue weighted by Crippen LogP contribution is 2.85. The van der Waals surface area contributed by atoms with Gasteiger partial charge in [-0.1, -0.05) is 17.2 Å². The van der Waals surface area contributed by atoms with Gasteiger partial charge in [-0.2, -0.15) is 0 Å². The Morgan fingerprint density at radius 2 is 2.00 bits per heavy atom. The number of fused-ring (bicyclic) bond motifs is 4. The summed E-state index contributed by atoms with van der Waals surface area (Å²) >= 11 is 0. The van der Waals surface area contributed by atoms with Crippen LogP contribution in [0.15, 0.2) is 22.8 Å². The molecule has 5 aliphatic rings. The Hall–Kier alpha value is -1.09. The molecule has 0 amide bonds. The van der Waals surface area contributed by atoms with E-state index in [-0.39, 0.29) is 23.1 Å². The van der Waals surface area contributed by atoms with Crippen LogP contribution >= 0.6 is 0 Å². The minimum atomic E-state index is -0.155. The highest BCUT2D eigenvalue weighted by atomic mass is 16.6. The lowest BCUT2D eigenvalue weighted by atomic mass is 9.71. The fourth-order valence-electron chi connectivity index (χ4n) is 6.33. The first-order valence-electron chi connectivity index (χ1n) is 7.75. The van der Waals surface area contributed by atoms with Crippen molar-refractivity contribution >= 4 is 5.97 Å². The number of carbonyl (C=O) groups excluding carboxylic acids is 1. The van der Waals surface area contributed by atoms with E-state index in [4.69, 9.17) is 9.47 Å². The fourth-order valence-corrected chi connectivity index (χ4v) is 6.33. The second-order valence-electron chi connectivity index (χ2n) is 7.37. The molecule has 0 unspecified atom stereocenters. The molecule has 4 fully saturated rings. The van der Waals surface area contributed by atoms with Crippen molar-refractivity contribution in [3.63, 3.8) is 0 Å². The standard InChI is InChI=1S/C17H20O3/c1-8(2)13-12-7-11(15(18)19-3)14(13)17-10-5-4-9(6-10)16(12,17)20-17/h7,9-10,12,14H,4-6H2,1-3H3/t9-,10-,12-,14-,16-,17+/m0/s1. The van der Waals surface area contributed by atoms with Crippen molar-refractivity contribution in [2.45, 2.75) is 44.3 Å². The van der Waals surface area contributed by atoms with Crippen LogP contribution in [0.25, 0.3) is 0 Å². The maximum absolute atomic E-state index is 12.2. The molecule has 1 aliphatic heterocycles. The number of ether oxygens (including phenoxy) is 2. The van der Waals surface area contributed by atoms with Crippen molar-refractivity contribution in [1.82, 2.24) is 0 Å². The highest BCUT2D eigenvalue weighted by molar-refractivity contribution is 5.93. The number of esters is 1. The van der Waals surface area contributed by atoms with Crippen LogP contribution in [-0.4, -0.2) is 24.3 Å². The van der Waals surface area contributed by atoms with Gasteiger partial charge in [0.25, 0.3) is 0 Å². The number of epoxide rings is 1. The Labute approximate surface area is 119 Å². The first kappa shape index (κ1) is 11.6. The third-order valence-corrected chi connectivity index (χ3v) is 6.75. The quantitative estimate of drug-likeness (QED) is 0.418. The highest BCUT2D eigenvalue weighted by Gasteiger charge is 2.92. The number of methoxy groups -OCH3 is 1. The summed E-state index contributed by atoms with van der Waals surface area (Å²) in [5.74, 6) is 1.73. The molecule has 4 aliphatic carbocycles. The smallest absolute Gasteiger partial charge is 0.334 e. The van der Waals surface area contributed by atoms with Gasteiger partial charge in [0.05, 0.1) is 7.11 Å². The van der Waals surface area contributed by atoms with Gasteiger partial charge in [-0.05, 0) is 44.9 Å². The van der Waals surface area contributed by atoms with E-state index in [0.717, 1.165) is 5.57 Å². The van der Waals surface area contributed by atoms with E-state index in [1.165, 1.54) is 37.5 Å². The molecule has 0 aromatic rings. The van der Waals surface area contributed by atoms with Gasteiger partial charge in [0.15, 0.2) is 0 Å². The van der Waals surface area contributed by atoms with E-state index in [0.29, 0.717) is 17.8 Å². The lowest BCUT2D eigenvalue weighted by Crippen LogP contribution is -2.38. The Balaban J connectivity index is 1.72. The monoisotopic (exact) mass is 272 g/mol. The van der Waals surface area contributed by atoms with E-state index in [1.54, 1.807) is 0 Å². The van der Waals surface area contributed by atoms with E-state index in [1.807, 2.05) is 0 Å². The third-order valence-electron chi connectivity index (χ3n) is 6.75. The molecule has 1 heterocycles. The molecular weight excluding hydrogens is 252 g/mol. The summed E-state index contributed by atoms with van der Waals surface area (Å²) in [6.45, 7) is 4.36. The molecule has 3 nitrogen and oxygen atoms in total. The number of rotatable bonds is 1. The lowest BCUT2D eigenvalue weighted by Gasteiger charge is -2.27. The predicted molar refractivity (Wildman–Crippen MR) is 72.8 cm³/mol. The third kappa shape index (κ3) is 0.851. The van der Waals surface area contributed by atoms with Crippen molar-refractivity contribution < 1.29 is 14.3 Å². The molecule has 0 radical (unpaired) electrons. The molecule has 4 bridgehead atoms. The van der Waals surface area contributed by atoms with Crippen molar-refractivity contribution in [3.8, 4) is 0 Å². The zero-order valence-electron chi connectivity index (χ0n) is 12.2. The summed E-state index contributed by atoms with van der Waals surface area (Å²) in [5, 5.41) is 0. The summed E-state index contributed by atoms with van der Waals surface area (Å²) in [4.78, 5) is 12.2. The molecule has 3 saturated carbocycles. The van der Waals surface area contributed by atoms with E-state index in [2.05, 4.69) is 19.9 Å². The number of carbonyl (C=O) groups is 1. The molecule has 20 heavy (non-hydrogen) atoms. The van der Waals surface area contributed by atoms with Gasteiger partial charge in [0.1, 0.15) is 11.2 Å². The topological polar surface area (TPSA) is 38.8 Å². The lowest BCUT2D eigenvalue weighted by molar-refractivity contribution is -0.136. The molecule has 106 valence electrons. The normalized spacial score (nSPS) is 52.8. The summed E-state index contributed by atoms with van der Waals surface area (Å²) in [7, 11) is 1.48. The molecule has 5 rings (SSSR count). The largest absolute Gasteiger partial charge is 0.466 e. The van der Waals surface area contributed by atoms with Crippen LogP contribution in [0.4, 0.5) is 0 Å². The van der Waals surface area contributed by atoms with Gasteiger partial charge in [0, 0.05) is 17.4 Å². The van der Waals surface area contributed by atoms with Gasteiger partial charge in [-0.25, -0.2) is 4.79 Å². The van der Waals surface area contributed by atoms with Crippen LogP contribution in [0, 0.1) is 23.7 Å². The van der Waals surface area contributed by atoms with Crippen molar-refractivity contribution in [2.75, 3.05) is 7.11 Å². The minimum absolute atomic E-state index is 0.0362. The van der Waals surface area contributed by atoms with Crippen LogP contribution in [0.3, 0.4) is 0 Å². The first-order valence-corrected chi connectivity index (χ1v) is 7.75. The number of allylic oxidation sites excluding steroid dienone is 1. The zero-order chi connectivity index (χ0) is 13.9. The molecular formula is C17H20O3. The number of hydrogen-bond acceptors (Lipinski definition) is 3. The van der Waals surface area contributed by atoms with Crippen molar-refractivity contribution in [2.24, 2.45) is 23.7 Å². The SMILES string of the molecule is COC(=O)C1=C[C@H]2C(=C(C)C)[C@H]1[C@@]13O[C@@]21[C@H]1CC[C@H]3C1. The van der Waals surface area contributed by atoms with Gasteiger partial charge in [0.2, 0.25) is 0 Å². The predicted octanol–water partition coefficient (Wildman–Crippen LogP) is 2.62. The fraction of sp³-hybridized carbons (Fsp3) is 0.706. The van der Waals surface area contributed by atoms with Crippen LogP contribution in [-0.2, 0) is 14.3 Å². The molecule has 6 atom stereocenters. The maximum atomic E-state index is 12.2. The van der Waals surface area contributed by atoms with Crippen LogP contribution < -0.4 is 0 Å². The van der Waals surface area contributed by atoms with Crippen LogP contribution in [0.2, 0.25) is 0 Å². The van der Waals surface area contributed by atoms with Crippen molar-refractivity contribution in [3.05, 3.63) is 22.8 Å². The van der Waals surface area contributed by atoms with Gasteiger partial charge in [-0.3, -0.25) is 0 Å². The molecule has 0 aromatic carbocycles. The Morgan fingerprint density at radius 1 is 1.30 bits per heavy atom. The molecule has 0 spiro atoms. The molecule has 0 aromatic heterocycles. The van der Waals surface area contributed by atoms with E-state index < -0.39 is 0 Å². The van der Waals surface area contributed by atoms with Gasteiger partial charge in [-0.15, -0.1) is 0 Å². The second kappa shape index (κ2) is 3.06. The minimum Gasteiger partial charge on any atom is -0.466 e. The van der Waals surface area contributed by atoms with E-state index in [9.17, 15) is 4.79 Å². The maximum Gasteiger partial charge on any atom is 0.334 e. The summed E-state index contributed by atoms with van der Waals surface area (Å²) < 4.78 is 11.5. The van der Waals surface area contributed by atoms with Gasteiger partial charge < -0.3 is 9.47 Å². The molecule has 0 N–H and O–H groups in total. The van der Waals surface area contributed by atoms with Gasteiger partial charge >= 0.3 is 5.97 Å².